The normalized spacial score (nSPS) is 10.6. The maximum absolute atomic E-state index is 12.0. The number of amides is 1. The highest BCUT2D eigenvalue weighted by Gasteiger charge is 2.11. The van der Waals surface area contributed by atoms with Crippen LogP contribution in [0.5, 0.6) is 0 Å². The summed E-state index contributed by atoms with van der Waals surface area (Å²) in [7, 11) is 0. The Kier molecular flexibility index (Phi) is 4.57. The van der Waals surface area contributed by atoms with Gasteiger partial charge in [-0.05, 0) is 31.9 Å². The Morgan fingerprint density at radius 1 is 1.43 bits per heavy atom. The fourth-order valence-corrected chi connectivity index (χ4v) is 2.19. The summed E-state index contributed by atoms with van der Waals surface area (Å²) in [4.78, 5) is 16.3. The van der Waals surface area contributed by atoms with E-state index in [1.807, 2.05) is 26.0 Å². The second-order valence-electron chi connectivity index (χ2n) is 4.98. The summed E-state index contributed by atoms with van der Waals surface area (Å²) in [5, 5.41) is 7.13. The minimum absolute atomic E-state index is 0.103. The smallest absolute Gasteiger partial charge is 0.242 e. The van der Waals surface area contributed by atoms with Crippen LogP contribution in [0.25, 0.3) is 0 Å². The molecule has 0 aliphatic carbocycles. The van der Waals surface area contributed by atoms with E-state index in [1.54, 1.807) is 10.9 Å². The Morgan fingerprint density at radius 3 is 2.81 bits per heavy atom. The molecule has 21 heavy (non-hydrogen) atoms. The lowest BCUT2D eigenvalue weighted by Gasteiger charge is -2.09. The van der Waals surface area contributed by atoms with Crippen LogP contribution in [0.15, 0.2) is 18.3 Å². The molecule has 0 aliphatic rings. The Hall–Kier alpha value is -2.37. The van der Waals surface area contributed by atoms with Crippen molar-refractivity contribution in [3.05, 3.63) is 41.0 Å². The topological polar surface area (TPSA) is 85.8 Å². The highest BCUT2D eigenvalue weighted by atomic mass is 16.2. The summed E-state index contributed by atoms with van der Waals surface area (Å²) in [5.74, 6) is -0.103. The van der Waals surface area contributed by atoms with Gasteiger partial charge in [0.15, 0.2) is 0 Å². The molecule has 0 bridgehead atoms. The number of nitrogens with one attached hydrogen (secondary N) is 1. The molecule has 0 unspecified atom stereocenters. The number of nitrogen functional groups attached to an aromatic ring is 1. The fourth-order valence-electron chi connectivity index (χ4n) is 2.19. The molecule has 0 aromatic carbocycles. The van der Waals surface area contributed by atoms with Crippen molar-refractivity contribution in [2.75, 3.05) is 5.73 Å². The fraction of sp³-hybridized carbons (Fsp3) is 0.400. The molecule has 112 valence electrons. The van der Waals surface area contributed by atoms with Crippen LogP contribution in [0.4, 0.5) is 5.69 Å². The second-order valence-corrected chi connectivity index (χ2v) is 4.98. The number of carbonyl (C=O) groups excluding carboxylic acids is 1. The van der Waals surface area contributed by atoms with Crippen LogP contribution in [0.2, 0.25) is 0 Å². The van der Waals surface area contributed by atoms with Crippen molar-refractivity contribution in [1.29, 1.82) is 0 Å². The van der Waals surface area contributed by atoms with Gasteiger partial charge in [0.1, 0.15) is 6.54 Å². The van der Waals surface area contributed by atoms with Crippen molar-refractivity contribution < 1.29 is 4.79 Å². The minimum Gasteiger partial charge on any atom is -0.396 e. The van der Waals surface area contributed by atoms with E-state index in [9.17, 15) is 4.79 Å². The van der Waals surface area contributed by atoms with Crippen molar-refractivity contribution in [3.8, 4) is 0 Å². The predicted molar refractivity (Wildman–Crippen MR) is 81.6 cm³/mol. The number of nitrogens with zero attached hydrogens (tertiary/aromatic N) is 3. The second kappa shape index (κ2) is 6.39. The highest BCUT2D eigenvalue weighted by molar-refractivity contribution is 5.75. The van der Waals surface area contributed by atoms with Crippen molar-refractivity contribution in [2.45, 2.75) is 40.3 Å². The van der Waals surface area contributed by atoms with Crippen LogP contribution in [0.1, 0.15) is 29.6 Å². The van der Waals surface area contributed by atoms with Gasteiger partial charge in [-0.15, -0.1) is 0 Å². The Morgan fingerprint density at radius 2 is 2.19 bits per heavy atom. The summed E-state index contributed by atoms with van der Waals surface area (Å²) in [6.07, 6.45) is 2.63. The third-order valence-corrected chi connectivity index (χ3v) is 3.55. The van der Waals surface area contributed by atoms with Gasteiger partial charge in [0, 0.05) is 6.20 Å². The molecule has 0 fully saturated rings. The Balaban J connectivity index is 1.97. The average Bonchev–Trinajstić information content (AvgIpc) is 2.72. The Labute approximate surface area is 124 Å². The summed E-state index contributed by atoms with van der Waals surface area (Å²) < 4.78 is 1.62. The Bertz CT molecular complexity index is 648. The van der Waals surface area contributed by atoms with Crippen molar-refractivity contribution in [2.24, 2.45) is 0 Å². The summed E-state index contributed by atoms with van der Waals surface area (Å²) in [6.45, 7) is 6.35. The molecule has 0 spiro atoms. The van der Waals surface area contributed by atoms with Crippen LogP contribution in [-0.4, -0.2) is 20.7 Å². The molecule has 6 nitrogen and oxygen atoms in total. The van der Waals surface area contributed by atoms with E-state index in [0.717, 1.165) is 29.1 Å². The first-order valence-corrected chi connectivity index (χ1v) is 7.01. The summed E-state index contributed by atoms with van der Waals surface area (Å²) >= 11 is 0. The van der Waals surface area contributed by atoms with Crippen molar-refractivity contribution >= 4 is 11.6 Å². The van der Waals surface area contributed by atoms with Gasteiger partial charge in [0.25, 0.3) is 0 Å². The van der Waals surface area contributed by atoms with E-state index in [2.05, 4.69) is 22.3 Å². The molecule has 3 N–H and O–H groups in total. The van der Waals surface area contributed by atoms with E-state index < -0.39 is 0 Å². The zero-order valence-corrected chi connectivity index (χ0v) is 12.7. The number of aryl methyl sites for hydroxylation is 2. The molecule has 0 saturated carbocycles. The molecule has 6 heteroatoms. The van der Waals surface area contributed by atoms with Gasteiger partial charge in [-0.2, -0.15) is 5.10 Å². The molecule has 0 saturated heterocycles. The maximum Gasteiger partial charge on any atom is 0.242 e. The number of rotatable bonds is 5. The van der Waals surface area contributed by atoms with E-state index in [1.165, 1.54) is 0 Å². The molecule has 1 amide bonds. The number of nitrogens with two attached hydrogens (primary N) is 1. The van der Waals surface area contributed by atoms with Crippen LogP contribution >= 0.6 is 0 Å². The number of hydrogen-bond acceptors (Lipinski definition) is 4. The molecule has 2 aromatic heterocycles. The number of aromatic nitrogens is 3. The van der Waals surface area contributed by atoms with Crippen LogP contribution < -0.4 is 11.1 Å². The summed E-state index contributed by atoms with van der Waals surface area (Å²) in [6, 6.07) is 3.93. The molecule has 0 aliphatic heterocycles. The molecule has 2 heterocycles. The maximum atomic E-state index is 12.0. The number of carbonyl (C=O) groups is 1. The SMILES string of the molecule is CCc1cccnc1CNC(=O)Cn1nc(C)c(N)c1C. The first-order chi connectivity index (χ1) is 10.0. The zero-order valence-electron chi connectivity index (χ0n) is 12.7. The minimum atomic E-state index is -0.103. The lowest BCUT2D eigenvalue weighted by atomic mass is 10.1. The quantitative estimate of drug-likeness (QED) is 0.869. The van der Waals surface area contributed by atoms with Gasteiger partial charge < -0.3 is 11.1 Å². The van der Waals surface area contributed by atoms with E-state index in [4.69, 9.17) is 5.73 Å². The van der Waals surface area contributed by atoms with Crippen LogP contribution in [0, 0.1) is 13.8 Å². The first-order valence-electron chi connectivity index (χ1n) is 7.01. The molecule has 0 atom stereocenters. The van der Waals surface area contributed by atoms with Gasteiger partial charge in [-0.25, -0.2) is 0 Å². The standard InChI is InChI=1S/C15H21N5O/c1-4-12-6-5-7-17-13(12)8-18-14(21)9-20-11(3)15(16)10(2)19-20/h5-7H,4,8-9,16H2,1-3H3,(H,18,21). The molecule has 0 radical (unpaired) electrons. The number of pyridine rings is 1. The third-order valence-electron chi connectivity index (χ3n) is 3.55. The van der Waals surface area contributed by atoms with Crippen molar-refractivity contribution in [1.82, 2.24) is 20.1 Å². The predicted octanol–water partition coefficient (Wildman–Crippen LogP) is 1.36. The molecule has 2 rings (SSSR count). The van der Waals surface area contributed by atoms with E-state index in [-0.39, 0.29) is 12.5 Å². The number of hydrogen-bond donors (Lipinski definition) is 2. The largest absolute Gasteiger partial charge is 0.396 e. The van der Waals surface area contributed by atoms with E-state index >= 15 is 0 Å². The van der Waals surface area contributed by atoms with Gasteiger partial charge in [-0.3, -0.25) is 14.5 Å². The lowest BCUT2D eigenvalue weighted by Crippen LogP contribution is -2.28. The van der Waals surface area contributed by atoms with Gasteiger partial charge >= 0.3 is 0 Å². The monoisotopic (exact) mass is 287 g/mol. The number of anilines is 1. The van der Waals surface area contributed by atoms with Gasteiger partial charge in [-0.1, -0.05) is 13.0 Å². The van der Waals surface area contributed by atoms with Gasteiger partial charge in [0.2, 0.25) is 5.91 Å². The first kappa shape index (κ1) is 15.0. The highest BCUT2D eigenvalue weighted by Crippen LogP contribution is 2.14. The lowest BCUT2D eigenvalue weighted by molar-refractivity contribution is -0.122. The zero-order chi connectivity index (χ0) is 15.4. The molecular weight excluding hydrogens is 266 g/mol. The summed E-state index contributed by atoms with van der Waals surface area (Å²) in [5.41, 5.74) is 10.1. The average molecular weight is 287 g/mol. The molecular formula is C15H21N5O. The van der Waals surface area contributed by atoms with Crippen molar-refractivity contribution in [3.63, 3.8) is 0 Å². The van der Waals surface area contributed by atoms with E-state index in [0.29, 0.717) is 12.2 Å². The van der Waals surface area contributed by atoms with Gasteiger partial charge in [0.05, 0.1) is 29.3 Å². The molecule has 2 aromatic rings. The van der Waals surface area contributed by atoms with Crippen LogP contribution in [-0.2, 0) is 24.3 Å². The van der Waals surface area contributed by atoms with Crippen LogP contribution in [0.3, 0.4) is 0 Å². The third kappa shape index (κ3) is 3.39.